The highest BCUT2D eigenvalue weighted by atomic mass is 16.5. The Morgan fingerprint density at radius 2 is 2.29 bits per heavy atom. The third-order valence-electron chi connectivity index (χ3n) is 2.38. The molecule has 0 aromatic carbocycles. The topological polar surface area (TPSA) is 104 Å². The van der Waals surface area contributed by atoms with Crippen molar-refractivity contribution in [3.8, 4) is 5.88 Å². The molecule has 90 valence electrons. The van der Waals surface area contributed by atoms with Gasteiger partial charge in [-0.1, -0.05) is 5.21 Å². The zero-order valence-electron chi connectivity index (χ0n) is 9.53. The van der Waals surface area contributed by atoms with Crippen molar-refractivity contribution in [3.63, 3.8) is 0 Å². The van der Waals surface area contributed by atoms with Gasteiger partial charge in [-0.15, -0.1) is 5.10 Å². The van der Waals surface area contributed by atoms with Gasteiger partial charge in [0.25, 0.3) is 0 Å². The van der Waals surface area contributed by atoms with Gasteiger partial charge in [0.1, 0.15) is 12.4 Å². The third kappa shape index (κ3) is 2.22. The molecule has 1 unspecified atom stereocenters. The lowest BCUT2D eigenvalue weighted by Crippen LogP contribution is -2.31. The SMILES string of the molecule is COc1cc(C(NN)c2cnnn2C)ncn1. The molecule has 17 heavy (non-hydrogen) atoms. The molecule has 0 spiro atoms. The molecule has 0 saturated carbocycles. The van der Waals surface area contributed by atoms with E-state index in [2.05, 4.69) is 25.7 Å². The predicted molar refractivity (Wildman–Crippen MR) is 58.8 cm³/mol. The number of aromatic nitrogens is 5. The second kappa shape index (κ2) is 4.85. The molecule has 0 fully saturated rings. The largest absolute Gasteiger partial charge is 0.481 e. The molecule has 3 N–H and O–H groups in total. The van der Waals surface area contributed by atoms with Crippen LogP contribution < -0.4 is 16.0 Å². The minimum absolute atomic E-state index is 0.313. The Balaban J connectivity index is 2.38. The van der Waals surface area contributed by atoms with Crippen molar-refractivity contribution in [2.45, 2.75) is 6.04 Å². The molecule has 0 radical (unpaired) electrons. The Hall–Kier alpha value is -2.06. The summed E-state index contributed by atoms with van der Waals surface area (Å²) in [4.78, 5) is 8.09. The van der Waals surface area contributed by atoms with E-state index in [1.54, 1.807) is 31.1 Å². The zero-order chi connectivity index (χ0) is 12.3. The number of aryl methyl sites for hydroxylation is 1. The Bertz CT molecular complexity index is 498. The van der Waals surface area contributed by atoms with Crippen molar-refractivity contribution >= 4 is 0 Å². The minimum atomic E-state index is -0.313. The van der Waals surface area contributed by atoms with Crippen LogP contribution >= 0.6 is 0 Å². The van der Waals surface area contributed by atoms with Gasteiger partial charge in [-0.2, -0.15) is 0 Å². The Morgan fingerprint density at radius 3 is 2.88 bits per heavy atom. The molecule has 2 rings (SSSR count). The van der Waals surface area contributed by atoms with Crippen LogP contribution in [-0.2, 0) is 7.05 Å². The fourth-order valence-corrected chi connectivity index (χ4v) is 1.50. The monoisotopic (exact) mass is 235 g/mol. The number of nitrogens with one attached hydrogen (secondary N) is 1. The van der Waals surface area contributed by atoms with Crippen molar-refractivity contribution in [1.29, 1.82) is 0 Å². The summed E-state index contributed by atoms with van der Waals surface area (Å²) < 4.78 is 6.66. The van der Waals surface area contributed by atoms with E-state index in [1.165, 1.54) is 6.33 Å². The number of nitrogens with two attached hydrogens (primary N) is 1. The normalized spacial score (nSPS) is 12.4. The van der Waals surface area contributed by atoms with Gasteiger partial charge in [0.05, 0.1) is 24.7 Å². The molecule has 8 nitrogen and oxygen atoms in total. The molecule has 0 aliphatic rings. The molecule has 0 aliphatic carbocycles. The van der Waals surface area contributed by atoms with E-state index in [4.69, 9.17) is 10.6 Å². The van der Waals surface area contributed by atoms with E-state index in [1.807, 2.05) is 0 Å². The molecule has 2 heterocycles. The molecule has 0 amide bonds. The quantitative estimate of drug-likeness (QED) is 0.526. The number of methoxy groups -OCH3 is 1. The number of rotatable bonds is 4. The van der Waals surface area contributed by atoms with E-state index in [9.17, 15) is 0 Å². The summed E-state index contributed by atoms with van der Waals surface area (Å²) in [5, 5.41) is 7.65. The maximum atomic E-state index is 5.54. The summed E-state index contributed by atoms with van der Waals surface area (Å²) in [6.07, 6.45) is 3.04. The van der Waals surface area contributed by atoms with Crippen molar-refractivity contribution in [1.82, 2.24) is 30.4 Å². The lowest BCUT2D eigenvalue weighted by Gasteiger charge is -2.14. The number of ether oxygens (including phenoxy) is 1. The first kappa shape index (κ1) is 11.4. The van der Waals surface area contributed by atoms with Gasteiger partial charge in [-0.05, 0) is 0 Å². The first-order chi connectivity index (χ1) is 8.26. The van der Waals surface area contributed by atoms with Crippen LogP contribution in [0.1, 0.15) is 17.4 Å². The van der Waals surface area contributed by atoms with Crippen LogP contribution in [-0.4, -0.2) is 32.1 Å². The second-order valence-corrected chi connectivity index (χ2v) is 3.37. The van der Waals surface area contributed by atoms with Gasteiger partial charge in [0.2, 0.25) is 5.88 Å². The van der Waals surface area contributed by atoms with Gasteiger partial charge < -0.3 is 4.74 Å². The van der Waals surface area contributed by atoms with Crippen LogP contribution in [0.2, 0.25) is 0 Å². The average Bonchev–Trinajstić information content (AvgIpc) is 2.77. The summed E-state index contributed by atoms with van der Waals surface area (Å²) in [6, 6.07) is 1.39. The molecule has 2 aromatic rings. The lowest BCUT2D eigenvalue weighted by molar-refractivity contribution is 0.394. The van der Waals surface area contributed by atoms with Crippen LogP contribution in [0.25, 0.3) is 0 Å². The van der Waals surface area contributed by atoms with Gasteiger partial charge in [0.15, 0.2) is 0 Å². The van der Waals surface area contributed by atoms with E-state index in [0.717, 1.165) is 5.69 Å². The molecule has 0 bridgehead atoms. The summed E-state index contributed by atoms with van der Waals surface area (Å²) >= 11 is 0. The van der Waals surface area contributed by atoms with Crippen LogP contribution in [0.5, 0.6) is 5.88 Å². The first-order valence-corrected chi connectivity index (χ1v) is 4.93. The van der Waals surface area contributed by atoms with Gasteiger partial charge in [0, 0.05) is 13.1 Å². The standard InChI is InChI=1S/C9H13N7O/c1-16-7(4-13-15-16)9(14-10)6-3-8(17-2)12-5-11-6/h3-5,9,14H,10H2,1-2H3. The summed E-state index contributed by atoms with van der Waals surface area (Å²) in [6.45, 7) is 0. The molecular weight excluding hydrogens is 222 g/mol. The first-order valence-electron chi connectivity index (χ1n) is 4.93. The lowest BCUT2D eigenvalue weighted by atomic mass is 10.1. The minimum Gasteiger partial charge on any atom is -0.481 e. The summed E-state index contributed by atoms with van der Waals surface area (Å²) in [5.41, 5.74) is 4.15. The van der Waals surface area contributed by atoms with Gasteiger partial charge in [-0.25, -0.2) is 15.4 Å². The third-order valence-corrected chi connectivity index (χ3v) is 2.38. The average molecular weight is 235 g/mol. The van der Waals surface area contributed by atoms with Crippen molar-refractivity contribution in [3.05, 3.63) is 30.0 Å². The fourth-order valence-electron chi connectivity index (χ4n) is 1.50. The van der Waals surface area contributed by atoms with Gasteiger partial charge in [-0.3, -0.25) is 10.5 Å². The number of nitrogens with zero attached hydrogens (tertiary/aromatic N) is 5. The van der Waals surface area contributed by atoms with E-state index >= 15 is 0 Å². The summed E-state index contributed by atoms with van der Waals surface area (Å²) in [5.74, 6) is 6.01. The zero-order valence-corrected chi connectivity index (χ0v) is 9.53. The molecular formula is C9H13N7O. The molecule has 8 heteroatoms. The Kier molecular flexibility index (Phi) is 3.26. The van der Waals surface area contributed by atoms with Crippen molar-refractivity contribution in [2.75, 3.05) is 7.11 Å². The van der Waals surface area contributed by atoms with Crippen LogP contribution in [0, 0.1) is 0 Å². The number of hydrogen-bond donors (Lipinski definition) is 2. The van der Waals surface area contributed by atoms with Gasteiger partial charge >= 0.3 is 0 Å². The number of hydrogen-bond acceptors (Lipinski definition) is 7. The van der Waals surface area contributed by atoms with Crippen LogP contribution in [0.3, 0.4) is 0 Å². The number of hydrazine groups is 1. The Labute approximate surface area is 97.8 Å². The molecule has 1 atom stereocenters. The van der Waals surface area contributed by atoms with Crippen molar-refractivity contribution < 1.29 is 4.74 Å². The highest BCUT2D eigenvalue weighted by molar-refractivity contribution is 5.23. The molecule has 0 saturated heterocycles. The predicted octanol–water partition coefficient (Wildman–Crippen LogP) is -0.834. The van der Waals surface area contributed by atoms with Crippen LogP contribution in [0.4, 0.5) is 0 Å². The highest BCUT2D eigenvalue weighted by Crippen LogP contribution is 2.19. The second-order valence-electron chi connectivity index (χ2n) is 3.37. The summed E-state index contributed by atoms with van der Waals surface area (Å²) in [7, 11) is 3.33. The van der Waals surface area contributed by atoms with E-state index in [-0.39, 0.29) is 6.04 Å². The maximum Gasteiger partial charge on any atom is 0.216 e. The molecule has 0 aliphatic heterocycles. The van der Waals surface area contributed by atoms with Crippen molar-refractivity contribution in [2.24, 2.45) is 12.9 Å². The van der Waals surface area contributed by atoms with E-state index in [0.29, 0.717) is 11.6 Å². The smallest absolute Gasteiger partial charge is 0.216 e. The highest BCUT2D eigenvalue weighted by Gasteiger charge is 2.18. The molecule has 2 aromatic heterocycles. The van der Waals surface area contributed by atoms with Crippen LogP contribution in [0.15, 0.2) is 18.6 Å². The maximum absolute atomic E-state index is 5.54. The fraction of sp³-hybridized carbons (Fsp3) is 0.333. The Morgan fingerprint density at radius 1 is 1.47 bits per heavy atom. The van der Waals surface area contributed by atoms with E-state index < -0.39 is 0 Å².